The summed E-state index contributed by atoms with van der Waals surface area (Å²) in [5.74, 6) is 0. The van der Waals surface area contributed by atoms with Crippen LogP contribution in [0.5, 0.6) is 0 Å². The number of quaternary nitrogens is 1. The van der Waals surface area contributed by atoms with Gasteiger partial charge in [-0.3, -0.25) is 0 Å². The molecule has 0 aliphatic heterocycles. The number of nitrogens with zero attached hydrogens (tertiary/aromatic N) is 1. The van der Waals surface area contributed by atoms with Crippen molar-refractivity contribution in [2.45, 2.75) is 32.9 Å². The van der Waals surface area contributed by atoms with Crippen LogP contribution < -0.4 is 0 Å². The Bertz CT molecular complexity index is 121. The summed E-state index contributed by atoms with van der Waals surface area (Å²) in [7, 11) is 0. The fourth-order valence-electron chi connectivity index (χ4n) is 0.621. The van der Waals surface area contributed by atoms with Crippen LogP contribution in [0, 0.1) is 5.21 Å². The molecule has 0 bridgehead atoms. The molecule has 1 N–H and O–H groups in total. The number of hydroxylamine groups is 4. The molecule has 0 aromatic rings. The predicted octanol–water partition coefficient (Wildman–Crippen LogP) is 1.67. The van der Waals surface area contributed by atoms with E-state index in [0.29, 0.717) is 0 Å². The van der Waals surface area contributed by atoms with E-state index >= 15 is 0 Å². The van der Waals surface area contributed by atoms with Gasteiger partial charge in [0.2, 0.25) is 0 Å². The Kier molecular flexibility index (Phi) is 3.02. The summed E-state index contributed by atoms with van der Waals surface area (Å²) >= 11 is 0. The average Bonchev–Trinajstić information content (AvgIpc) is 1.86. The topological polar surface area (TPSA) is 43.3 Å². The minimum atomic E-state index is -1.23. The number of hydrogen-bond donors (Lipinski definition) is 1. The molecule has 0 heterocycles. The van der Waals surface area contributed by atoms with Gasteiger partial charge in [0.1, 0.15) is 12.1 Å². The van der Waals surface area contributed by atoms with Gasteiger partial charge in [0.05, 0.1) is 0 Å². The zero-order valence-corrected chi connectivity index (χ0v) is 6.74. The molecule has 0 amide bonds. The fraction of sp³-hybridized carbons (Fsp3) is 0.714. The highest BCUT2D eigenvalue weighted by atomic mass is 16.8. The Balaban J connectivity index is 4.22. The Morgan fingerprint density at radius 2 is 1.90 bits per heavy atom. The van der Waals surface area contributed by atoms with E-state index in [1.807, 2.05) is 0 Å². The van der Waals surface area contributed by atoms with Crippen LogP contribution in [0.25, 0.3) is 0 Å². The summed E-state index contributed by atoms with van der Waals surface area (Å²) in [4.78, 5) is -1.23. The molecular weight excluding hydrogens is 130 g/mol. The van der Waals surface area contributed by atoms with Crippen molar-refractivity contribution in [1.82, 2.24) is 0 Å². The molecule has 0 aliphatic carbocycles. The summed E-state index contributed by atoms with van der Waals surface area (Å²) in [5.41, 5.74) is 0. The van der Waals surface area contributed by atoms with Gasteiger partial charge in [0.15, 0.2) is 0 Å². The zero-order valence-electron chi connectivity index (χ0n) is 6.74. The van der Waals surface area contributed by atoms with Gasteiger partial charge in [-0.05, 0) is 26.8 Å². The summed E-state index contributed by atoms with van der Waals surface area (Å²) in [6.45, 7) is 8.42. The molecule has 0 aromatic heterocycles. The molecule has 0 rings (SSSR count). The monoisotopic (exact) mass is 145 g/mol. The standard InChI is InChI=1S/C7H15NO2/c1-5-7(4)8(9,10)6(2)3/h5-7,9H,1H2,2-4H3. The van der Waals surface area contributed by atoms with Crippen molar-refractivity contribution >= 4 is 0 Å². The molecule has 3 nitrogen and oxygen atoms in total. The molecule has 0 aromatic carbocycles. The van der Waals surface area contributed by atoms with E-state index in [-0.39, 0.29) is 6.04 Å². The lowest BCUT2D eigenvalue weighted by atomic mass is 10.2. The number of hydrogen-bond acceptors (Lipinski definition) is 2. The van der Waals surface area contributed by atoms with Gasteiger partial charge in [-0.15, -0.1) is 0 Å². The first kappa shape index (κ1) is 9.62. The van der Waals surface area contributed by atoms with Crippen LogP contribution in [0.3, 0.4) is 0 Å². The third-order valence-electron chi connectivity index (χ3n) is 1.66. The molecule has 0 spiro atoms. The summed E-state index contributed by atoms with van der Waals surface area (Å²) in [6, 6.07) is -0.798. The second-order valence-electron chi connectivity index (χ2n) is 2.74. The lowest BCUT2D eigenvalue weighted by Crippen LogP contribution is -2.50. The Morgan fingerprint density at radius 1 is 1.50 bits per heavy atom. The first-order valence-electron chi connectivity index (χ1n) is 3.37. The quantitative estimate of drug-likeness (QED) is 0.373. The van der Waals surface area contributed by atoms with Crippen molar-refractivity contribution < 1.29 is 10.0 Å². The second kappa shape index (κ2) is 3.14. The van der Waals surface area contributed by atoms with E-state index < -0.39 is 10.9 Å². The van der Waals surface area contributed by atoms with E-state index in [1.54, 1.807) is 20.8 Å². The highest BCUT2D eigenvalue weighted by Crippen LogP contribution is 2.13. The highest BCUT2D eigenvalue weighted by molar-refractivity contribution is 4.76. The van der Waals surface area contributed by atoms with Crippen molar-refractivity contribution in [2.75, 3.05) is 0 Å². The van der Waals surface area contributed by atoms with Gasteiger partial charge in [-0.1, -0.05) is 6.58 Å². The minimum absolute atomic E-state index is 0.340. The first-order valence-corrected chi connectivity index (χ1v) is 3.37. The third-order valence-corrected chi connectivity index (χ3v) is 1.66. The maximum atomic E-state index is 11.2. The molecule has 60 valence electrons. The molecule has 3 heteroatoms. The summed E-state index contributed by atoms with van der Waals surface area (Å²) in [5, 5.41) is 20.3. The smallest absolute Gasteiger partial charge is 0.134 e. The molecule has 0 aliphatic rings. The van der Waals surface area contributed by atoms with E-state index in [9.17, 15) is 10.4 Å². The molecule has 0 saturated carbocycles. The highest BCUT2D eigenvalue weighted by Gasteiger charge is 2.24. The van der Waals surface area contributed by atoms with Gasteiger partial charge >= 0.3 is 0 Å². The molecule has 0 radical (unpaired) electrons. The Hall–Kier alpha value is -0.380. The normalized spacial score (nSPS) is 20.2. The van der Waals surface area contributed by atoms with Gasteiger partial charge in [0, 0.05) is 0 Å². The van der Waals surface area contributed by atoms with Crippen LogP contribution in [0.4, 0.5) is 0 Å². The van der Waals surface area contributed by atoms with Crippen LogP contribution in [-0.4, -0.2) is 22.1 Å². The first-order chi connectivity index (χ1) is 4.42. The van der Waals surface area contributed by atoms with Gasteiger partial charge in [-0.2, -0.15) is 0 Å². The van der Waals surface area contributed by atoms with Gasteiger partial charge in [-0.25, -0.2) is 10.0 Å². The van der Waals surface area contributed by atoms with E-state index in [2.05, 4.69) is 6.58 Å². The van der Waals surface area contributed by atoms with Crippen LogP contribution in [0.1, 0.15) is 20.8 Å². The predicted molar refractivity (Wildman–Crippen MR) is 40.2 cm³/mol. The van der Waals surface area contributed by atoms with Gasteiger partial charge in [0.25, 0.3) is 0 Å². The Morgan fingerprint density at radius 3 is 2.00 bits per heavy atom. The van der Waals surface area contributed by atoms with Crippen molar-refractivity contribution in [1.29, 1.82) is 0 Å². The van der Waals surface area contributed by atoms with E-state index in [0.717, 1.165) is 0 Å². The maximum absolute atomic E-state index is 11.2. The number of rotatable bonds is 3. The SMILES string of the molecule is C=CC(C)[N+]([O-])(O)C(C)C. The average molecular weight is 145 g/mol. The van der Waals surface area contributed by atoms with Crippen molar-refractivity contribution in [3.05, 3.63) is 17.9 Å². The zero-order chi connectivity index (χ0) is 8.36. The van der Waals surface area contributed by atoms with Gasteiger partial charge < -0.3 is 5.21 Å². The third kappa shape index (κ3) is 1.80. The van der Waals surface area contributed by atoms with Crippen molar-refractivity contribution in [2.24, 2.45) is 0 Å². The van der Waals surface area contributed by atoms with Crippen LogP contribution in [0.15, 0.2) is 12.7 Å². The molecule has 10 heavy (non-hydrogen) atoms. The molecule has 0 saturated heterocycles. The van der Waals surface area contributed by atoms with E-state index in [1.165, 1.54) is 6.08 Å². The largest absolute Gasteiger partial charge is 0.598 e. The van der Waals surface area contributed by atoms with E-state index in [4.69, 9.17) is 0 Å². The van der Waals surface area contributed by atoms with Crippen LogP contribution in [-0.2, 0) is 0 Å². The van der Waals surface area contributed by atoms with Crippen molar-refractivity contribution in [3.63, 3.8) is 0 Å². The second-order valence-corrected chi connectivity index (χ2v) is 2.74. The lowest BCUT2D eigenvalue weighted by molar-refractivity contribution is -1.09. The van der Waals surface area contributed by atoms with Crippen LogP contribution >= 0.6 is 0 Å². The summed E-state index contributed by atoms with van der Waals surface area (Å²) in [6.07, 6.45) is 1.45. The molecule has 2 unspecified atom stereocenters. The van der Waals surface area contributed by atoms with Crippen LogP contribution in [0.2, 0.25) is 0 Å². The fourth-order valence-corrected chi connectivity index (χ4v) is 0.621. The molecular formula is C7H15NO2. The minimum Gasteiger partial charge on any atom is -0.598 e. The lowest BCUT2D eigenvalue weighted by Gasteiger charge is -2.41. The van der Waals surface area contributed by atoms with Crippen molar-refractivity contribution in [3.8, 4) is 0 Å². The molecule has 0 fully saturated rings. The Labute approximate surface area is 61.7 Å². The summed E-state index contributed by atoms with van der Waals surface area (Å²) < 4.78 is 0. The maximum Gasteiger partial charge on any atom is 0.134 e. The molecule has 2 atom stereocenters.